The fourth-order valence-electron chi connectivity index (χ4n) is 2.97. The van der Waals surface area contributed by atoms with Crippen molar-refractivity contribution in [2.75, 3.05) is 7.11 Å². The molecule has 0 amide bonds. The van der Waals surface area contributed by atoms with Crippen LogP contribution in [0.5, 0.6) is 11.6 Å². The van der Waals surface area contributed by atoms with E-state index in [2.05, 4.69) is 15.1 Å². The summed E-state index contributed by atoms with van der Waals surface area (Å²) in [5.41, 5.74) is 2.96. The van der Waals surface area contributed by atoms with Gasteiger partial charge in [-0.1, -0.05) is 48.0 Å². The highest BCUT2D eigenvalue weighted by atomic mass is 16.5. The van der Waals surface area contributed by atoms with Crippen molar-refractivity contribution in [3.8, 4) is 28.8 Å². The summed E-state index contributed by atoms with van der Waals surface area (Å²) in [6.45, 7) is 3.80. The normalized spacial score (nSPS) is 10.6. The molecule has 30 heavy (non-hydrogen) atoms. The maximum absolute atomic E-state index is 12.0. The predicted octanol–water partition coefficient (Wildman–Crippen LogP) is 4.53. The molecule has 0 spiro atoms. The SMILES string of the molecule is COC(=O)c1cnn(-c2cc(Oc3ccc(C)cc3)nc(-c3ccccc3)n2)c1C. The lowest BCUT2D eigenvalue weighted by atomic mass is 10.2. The number of hydrogen-bond donors (Lipinski definition) is 0. The summed E-state index contributed by atoms with van der Waals surface area (Å²) in [5.74, 6) is 1.56. The van der Waals surface area contributed by atoms with E-state index in [1.165, 1.54) is 13.3 Å². The predicted molar refractivity (Wildman–Crippen MR) is 112 cm³/mol. The van der Waals surface area contributed by atoms with Gasteiger partial charge >= 0.3 is 5.97 Å². The Morgan fingerprint density at radius 1 is 0.967 bits per heavy atom. The third kappa shape index (κ3) is 3.91. The summed E-state index contributed by atoms with van der Waals surface area (Å²) >= 11 is 0. The molecule has 4 aromatic rings. The zero-order valence-electron chi connectivity index (χ0n) is 16.9. The van der Waals surface area contributed by atoms with Gasteiger partial charge in [-0.05, 0) is 26.0 Å². The van der Waals surface area contributed by atoms with Gasteiger partial charge in [-0.2, -0.15) is 10.1 Å². The van der Waals surface area contributed by atoms with Crippen LogP contribution in [0.3, 0.4) is 0 Å². The molecule has 0 unspecified atom stereocenters. The molecule has 0 bridgehead atoms. The number of methoxy groups -OCH3 is 1. The summed E-state index contributed by atoms with van der Waals surface area (Å²) in [4.78, 5) is 21.2. The standard InChI is InChI=1S/C23H20N4O3/c1-15-9-11-18(12-10-15)30-21-13-20(25-22(26-21)17-7-5-4-6-8-17)27-16(2)19(14-24-27)23(28)29-3/h4-14H,1-3H3. The van der Waals surface area contributed by atoms with Gasteiger partial charge in [0.1, 0.15) is 11.3 Å². The first-order valence-electron chi connectivity index (χ1n) is 9.37. The lowest BCUT2D eigenvalue weighted by Gasteiger charge is -2.11. The molecule has 7 nitrogen and oxygen atoms in total. The van der Waals surface area contributed by atoms with Crippen LogP contribution < -0.4 is 4.74 Å². The van der Waals surface area contributed by atoms with Crippen molar-refractivity contribution in [3.63, 3.8) is 0 Å². The van der Waals surface area contributed by atoms with Crippen LogP contribution in [0.4, 0.5) is 0 Å². The molecule has 150 valence electrons. The second kappa shape index (κ2) is 8.16. The van der Waals surface area contributed by atoms with Crippen LogP contribution >= 0.6 is 0 Å². The highest BCUT2D eigenvalue weighted by Crippen LogP contribution is 2.26. The number of ether oxygens (including phenoxy) is 2. The largest absolute Gasteiger partial charge is 0.465 e. The van der Waals surface area contributed by atoms with Gasteiger partial charge in [-0.15, -0.1) is 0 Å². The first-order valence-corrected chi connectivity index (χ1v) is 9.37. The van der Waals surface area contributed by atoms with E-state index in [4.69, 9.17) is 9.47 Å². The van der Waals surface area contributed by atoms with Crippen molar-refractivity contribution in [3.05, 3.63) is 83.7 Å². The zero-order valence-corrected chi connectivity index (χ0v) is 16.9. The van der Waals surface area contributed by atoms with Crippen LogP contribution in [0, 0.1) is 13.8 Å². The van der Waals surface area contributed by atoms with E-state index in [1.54, 1.807) is 17.7 Å². The van der Waals surface area contributed by atoms with Crippen molar-refractivity contribution in [2.45, 2.75) is 13.8 Å². The lowest BCUT2D eigenvalue weighted by molar-refractivity contribution is 0.0600. The third-order valence-corrected chi connectivity index (χ3v) is 4.60. The summed E-state index contributed by atoms with van der Waals surface area (Å²) in [7, 11) is 1.34. The topological polar surface area (TPSA) is 79.1 Å². The summed E-state index contributed by atoms with van der Waals surface area (Å²) in [6.07, 6.45) is 1.46. The average molecular weight is 400 g/mol. The minimum Gasteiger partial charge on any atom is -0.465 e. The molecule has 0 N–H and O–H groups in total. The van der Waals surface area contributed by atoms with E-state index < -0.39 is 5.97 Å². The Morgan fingerprint density at radius 3 is 2.40 bits per heavy atom. The number of benzene rings is 2. The van der Waals surface area contributed by atoms with Crippen molar-refractivity contribution < 1.29 is 14.3 Å². The second-order valence-corrected chi connectivity index (χ2v) is 6.72. The highest BCUT2D eigenvalue weighted by molar-refractivity contribution is 5.90. The van der Waals surface area contributed by atoms with Crippen LogP contribution in [-0.2, 0) is 4.74 Å². The van der Waals surface area contributed by atoms with Gasteiger partial charge in [0.25, 0.3) is 0 Å². The molecule has 0 radical (unpaired) electrons. The van der Waals surface area contributed by atoms with Gasteiger partial charge in [0.05, 0.1) is 19.0 Å². The Bertz CT molecular complexity index is 1190. The van der Waals surface area contributed by atoms with Crippen molar-refractivity contribution >= 4 is 5.97 Å². The van der Waals surface area contributed by atoms with Crippen LogP contribution in [0.15, 0.2) is 66.9 Å². The minimum atomic E-state index is -0.452. The second-order valence-electron chi connectivity index (χ2n) is 6.72. The van der Waals surface area contributed by atoms with E-state index in [0.717, 1.165) is 11.1 Å². The number of aryl methyl sites for hydroxylation is 1. The minimum absolute atomic E-state index is 0.372. The van der Waals surface area contributed by atoms with Crippen LogP contribution in [0.25, 0.3) is 17.2 Å². The maximum Gasteiger partial charge on any atom is 0.341 e. The Kier molecular flexibility index (Phi) is 5.26. The van der Waals surface area contributed by atoms with E-state index in [-0.39, 0.29) is 0 Å². The smallest absolute Gasteiger partial charge is 0.341 e. The van der Waals surface area contributed by atoms with E-state index in [0.29, 0.717) is 34.5 Å². The zero-order chi connectivity index (χ0) is 21.1. The molecule has 0 aliphatic carbocycles. The van der Waals surface area contributed by atoms with E-state index in [9.17, 15) is 4.79 Å². The van der Waals surface area contributed by atoms with Gasteiger partial charge in [0.2, 0.25) is 5.88 Å². The summed E-state index contributed by atoms with van der Waals surface area (Å²) in [5, 5.41) is 4.32. The maximum atomic E-state index is 12.0. The molecule has 2 heterocycles. The van der Waals surface area contributed by atoms with Crippen LogP contribution in [-0.4, -0.2) is 32.8 Å². The quantitative estimate of drug-likeness (QED) is 0.458. The number of carbonyl (C=O) groups excluding carboxylic acids is 1. The molecule has 0 fully saturated rings. The first-order chi connectivity index (χ1) is 14.5. The van der Waals surface area contributed by atoms with Gasteiger partial charge in [-0.3, -0.25) is 0 Å². The number of nitrogens with zero attached hydrogens (tertiary/aromatic N) is 4. The fourth-order valence-corrected chi connectivity index (χ4v) is 2.97. The Morgan fingerprint density at radius 2 is 1.70 bits per heavy atom. The molecular formula is C23H20N4O3. The number of hydrogen-bond acceptors (Lipinski definition) is 6. The molecule has 0 saturated heterocycles. The number of aromatic nitrogens is 4. The van der Waals surface area contributed by atoms with Crippen molar-refractivity contribution in [1.29, 1.82) is 0 Å². The third-order valence-electron chi connectivity index (χ3n) is 4.60. The average Bonchev–Trinajstić information content (AvgIpc) is 3.16. The van der Waals surface area contributed by atoms with Crippen LogP contribution in [0.2, 0.25) is 0 Å². The molecule has 7 heteroatoms. The lowest BCUT2D eigenvalue weighted by Crippen LogP contribution is -2.07. The highest BCUT2D eigenvalue weighted by Gasteiger charge is 2.18. The first kappa shape index (κ1) is 19.3. The van der Waals surface area contributed by atoms with Crippen LogP contribution in [0.1, 0.15) is 21.6 Å². The number of rotatable bonds is 5. The van der Waals surface area contributed by atoms with Gasteiger partial charge in [0, 0.05) is 11.6 Å². The molecule has 2 aromatic heterocycles. The molecule has 0 saturated carbocycles. The number of carbonyl (C=O) groups is 1. The summed E-state index contributed by atoms with van der Waals surface area (Å²) in [6, 6.07) is 19.0. The van der Waals surface area contributed by atoms with Crippen molar-refractivity contribution in [2.24, 2.45) is 0 Å². The Balaban J connectivity index is 1.81. The monoisotopic (exact) mass is 400 g/mol. The van der Waals surface area contributed by atoms with E-state index >= 15 is 0 Å². The van der Waals surface area contributed by atoms with Gasteiger partial charge in [-0.25, -0.2) is 14.5 Å². The van der Waals surface area contributed by atoms with Crippen molar-refractivity contribution in [1.82, 2.24) is 19.7 Å². The molecule has 0 aliphatic heterocycles. The molecule has 4 rings (SSSR count). The Labute approximate surface area is 173 Å². The summed E-state index contributed by atoms with van der Waals surface area (Å²) < 4.78 is 12.4. The fraction of sp³-hybridized carbons (Fsp3) is 0.130. The Hall–Kier alpha value is -4.00. The molecular weight excluding hydrogens is 380 g/mol. The van der Waals surface area contributed by atoms with E-state index in [1.807, 2.05) is 61.5 Å². The molecule has 0 atom stereocenters. The molecule has 2 aromatic carbocycles. The van der Waals surface area contributed by atoms with Gasteiger partial charge in [0.15, 0.2) is 11.6 Å². The molecule has 0 aliphatic rings. The number of esters is 1. The van der Waals surface area contributed by atoms with Gasteiger partial charge < -0.3 is 9.47 Å².